The van der Waals surface area contributed by atoms with Gasteiger partial charge >= 0.3 is 0 Å². The van der Waals surface area contributed by atoms with Crippen molar-refractivity contribution in [3.05, 3.63) is 63.1 Å². The number of benzene rings is 2. The first-order valence-electron chi connectivity index (χ1n) is 10.7. The van der Waals surface area contributed by atoms with Crippen molar-refractivity contribution in [1.82, 2.24) is 10.2 Å². The van der Waals surface area contributed by atoms with E-state index in [1.807, 2.05) is 24.3 Å². The lowest BCUT2D eigenvalue weighted by Gasteiger charge is -2.29. The fourth-order valence-electron chi connectivity index (χ4n) is 3.04. The summed E-state index contributed by atoms with van der Waals surface area (Å²) in [7, 11) is 0. The zero-order chi connectivity index (χ0) is 23.5. The molecule has 0 heterocycles. The summed E-state index contributed by atoms with van der Waals surface area (Å²) in [6, 6.07) is 12.2. The zero-order valence-electron chi connectivity index (χ0n) is 18.4. The molecule has 4 nitrogen and oxygen atoms in total. The predicted octanol–water partition coefficient (Wildman–Crippen LogP) is 6.85. The SMILES string of the molecule is CCCCNC(=O)[C@H](C)N(Cc1ccc(Cl)cc1Cl)C(=O)CCCSc1ccc(Cl)cc1. The fraction of sp³-hybridized carbons (Fsp3) is 0.417. The van der Waals surface area contributed by atoms with E-state index in [2.05, 4.69) is 12.2 Å². The van der Waals surface area contributed by atoms with Gasteiger partial charge in [0.05, 0.1) is 0 Å². The molecule has 1 N–H and O–H groups in total. The molecule has 32 heavy (non-hydrogen) atoms. The molecule has 0 aromatic heterocycles. The molecule has 2 aromatic rings. The maximum atomic E-state index is 13.1. The first kappa shape index (κ1) is 26.8. The largest absolute Gasteiger partial charge is 0.354 e. The molecule has 8 heteroatoms. The molecule has 0 aliphatic carbocycles. The molecule has 0 fully saturated rings. The van der Waals surface area contributed by atoms with Gasteiger partial charge in [0.15, 0.2) is 0 Å². The van der Waals surface area contributed by atoms with Gasteiger partial charge in [-0.1, -0.05) is 54.2 Å². The van der Waals surface area contributed by atoms with Crippen molar-refractivity contribution in [3.8, 4) is 0 Å². The van der Waals surface area contributed by atoms with Gasteiger partial charge < -0.3 is 10.2 Å². The van der Waals surface area contributed by atoms with Gasteiger partial charge in [-0.05, 0) is 67.5 Å². The van der Waals surface area contributed by atoms with Gasteiger partial charge in [0.25, 0.3) is 0 Å². The van der Waals surface area contributed by atoms with Gasteiger partial charge in [-0.2, -0.15) is 0 Å². The summed E-state index contributed by atoms with van der Waals surface area (Å²) in [6.07, 6.45) is 2.93. The molecule has 2 rings (SSSR count). The molecule has 0 unspecified atom stereocenters. The number of unbranched alkanes of at least 4 members (excludes halogenated alkanes) is 1. The van der Waals surface area contributed by atoms with Crippen molar-refractivity contribution in [2.75, 3.05) is 12.3 Å². The van der Waals surface area contributed by atoms with Crippen LogP contribution in [0.5, 0.6) is 0 Å². The highest BCUT2D eigenvalue weighted by atomic mass is 35.5. The predicted molar refractivity (Wildman–Crippen MR) is 136 cm³/mol. The molecule has 0 aliphatic heterocycles. The second-order valence-electron chi connectivity index (χ2n) is 7.48. The third-order valence-electron chi connectivity index (χ3n) is 4.97. The molecule has 0 radical (unpaired) electrons. The average molecular weight is 516 g/mol. The lowest BCUT2D eigenvalue weighted by Crippen LogP contribution is -2.47. The van der Waals surface area contributed by atoms with Crippen LogP contribution < -0.4 is 5.32 Å². The van der Waals surface area contributed by atoms with Gasteiger partial charge in [-0.3, -0.25) is 9.59 Å². The standard InChI is InChI=1S/C24H29Cl3N2O2S/c1-3-4-13-28-24(31)17(2)29(16-18-7-8-20(26)15-22(18)27)23(30)6-5-14-32-21-11-9-19(25)10-12-21/h7-12,15,17H,3-6,13-14,16H2,1-2H3,(H,28,31)/t17-/m0/s1. The highest BCUT2D eigenvalue weighted by Gasteiger charge is 2.26. The Labute approximate surface area is 210 Å². The molecule has 2 aromatic carbocycles. The van der Waals surface area contributed by atoms with E-state index in [-0.39, 0.29) is 18.4 Å². The van der Waals surface area contributed by atoms with Gasteiger partial charge in [-0.25, -0.2) is 0 Å². The van der Waals surface area contributed by atoms with Crippen LogP contribution in [0.3, 0.4) is 0 Å². The number of nitrogens with one attached hydrogen (secondary N) is 1. The molecule has 2 amide bonds. The Kier molecular flexibility index (Phi) is 11.7. The van der Waals surface area contributed by atoms with Crippen LogP contribution in [0.4, 0.5) is 0 Å². The Balaban J connectivity index is 2.01. The van der Waals surface area contributed by atoms with Gasteiger partial charge in [0, 0.05) is 39.5 Å². The van der Waals surface area contributed by atoms with Crippen molar-refractivity contribution < 1.29 is 9.59 Å². The molecular formula is C24H29Cl3N2O2S. The summed E-state index contributed by atoms with van der Waals surface area (Å²) in [5.74, 6) is 0.554. The van der Waals surface area contributed by atoms with Crippen molar-refractivity contribution in [1.29, 1.82) is 0 Å². The maximum Gasteiger partial charge on any atom is 0.242 e. The van der Waals surface area contributed by atoms with Crippen LogP contribution in [-0.2, 0) is 16.1 Å². The van der Waals surface area contributed by atoms with E-state index in [1.165, 1.54) is 0 Å². The molecule has 0 saturated heterocycles. The molecule has 0 spiro atoms. The molecule has 174 valence electrons. The summed E-state index contributed by atoms with van der Waals surface area (Å²) in [5.41, 5.74) is 0.758. The lowest BCUT2D eigenvalue weighted by atomic mass is 10.1. The molecule has 0 saturated carbocycles. The molecular weight excluding hydrogens is 487 g/mol. The third-order valence-corrected chi connectivity index (χ3v) is 6.91. The second-order valence-corrected chi connectivity index (χ2v) is 9.93. The Morgan fingerprint density at radius 3 is 2.38 bits per heavy atom. The zero-order valence-corrected chi connectivity index (χ0v) is 21.5. The third kappa shape index (κ3) is 8.86. The van der Waals surface area contributed by atoms with E-state index in [0.29, 0.717) is 34.5 Å². The van der Waals surface area contributed by atoms with Crippen LogP contribution in [0.15, 0.2) is 47.4 Å². The number of halogens is 3. The first-order chi connectivity index (χ1) is 15.3. The fourth-order valence-corrected chi connectivity index (χ4v) is 4.49. The van der Waals surface area contributed by atoms with E-state index >= 15 is 0 Å². The number of thioether (sulfide) groups is 1. The number of hydrogen-bond donors (Lipinski definition) is 1. The van der Waals surface area contributed by atoms with Crippen molar-refractivity contribution in [2.45, 2.75) is 57.0 Å². The first-order valence-corrected chi connectivity index (χ1v) is 12.8. The Morgan fingerprint density at radius 2 is 1.72 bits per heavy atom. The Hall–Kier alpha value is -1.40. The quantitative estimate of drug-likeness (QED) is 0.248. The van der Waals surface area contributed by atoms with Gasteiger partial charge in [0.2, 0.25) is 11.8 Å². The average Bonchev–Trinajstić information content (AvgIpc) is 2.77. The van der Waals surface area contributed by atoms with E-state index in [1.54, 1.807) is 41.8 Å². The van der Waals surface area contributed by atoms with Crippen LogP contribution in [0.1, 0.15) is 45.1 Å². The van der Waals surface area contributed by atoms with Crippen molar-refractivity contribution >= 4 is 58.4 Å². The van der Waals surface area contributed by atoms with Crippen LogP contribution in [-0.4, -0.2) is 35.1 Å². The van der Waals surface area contributed by atoms with Crippen LogP contribution in [0.2, 0.25) is 15.1 Å². The molecule has 0 aliphatic rings. The second kappa shape index (κ2) is 14.0. The Morgan fingerprint density at radius 1 is 1.03 bits per heavy atom. The number of hydrogen-bond acceptors (Lipinski definition) is 3. The number of carbonyl (C=O) groups excluding carboxylic acids is 2. The normalized spacial score (nSPS) is 11.8. The minimum absolute atomic E-state index is 0.0779. The molecule has 1 atom stereocenters. The van der Waals surface area contributed by atoms with Crippen molar-refractivity contribution in [2.24, 2.45) is 0 Å². The summed E-state index contributed by atoms with van der Waals surface area (Å²) in [5, 5.41) is 4.63. The minimum atomic E-state index is -0.602. The molecule has 0 bridgehead atoms. The number of nitrogens with zero attached hydrogens (tertiary/aromatic N) is 1. The summed E-state index contributed by atoms with van der Waals surface area (Å²) >= 11 is 19.9. The summed E-state index contributed by atoms with van der Waals surface area (Å²) in [6.45, 7) is 4.67. The van der Waals surface area contributed by atoms with Gasteiger partial charge in [-0.15, -0.1) is 11.8 Å². The Bertz CT molecular complexity index is 893. The highest BCUT2D eigenvalue weighted by Crippen LogP contribution is 2.25. The maximum absolute atomic E-state index is 13.1. The summed E-state index contributed by atoms with van der Waals surface area (Å²) in [4.78, 5) is 28.5. The van der Waals surface area contributed by atoms with Crippen LogP contribution in [0.25, 0.3) is 0 Å². The monoisotopic (exact) mass is 514 g/mol. The number of carbonyl (C=O) groups is 2. The van der Waals surface area contributed by atoms with E-state index < -0.39 is 6.04 Å². The van der Waals surface area contributed by atoms with Crippen molar-refractivity contribution in [3.63, 3.8) is 0 Å². The van der Waals surface area contributed by atoms with E-state index in [0.717, 1.165) is 29.1 Å². The smallest absolute Gasteiger partial charge is 0.242 e. The van der Waals surface area contributed by atoms with Gasteiger partial charge in [0.1, 0.15) is 6.04 Å². The van der Waals surface area contributed by atoms with Crippen LogP contribution >= 0.6 is 46.6 Å². The number of amides is 2. The lowest BCUT2D eigenvalue weighted by molar-refractivity contribution is -0.140. The summed E-state index contributed by atoms with van der Waals surface area (Å²) < 4.78 is 0. The highest BCUT2D eigenvalue weighted by molar-refractivity contribution is 7.99. The number of rotatable bonds is 12. The van der Waals surface area contributed by atoms with Crippen LogP contribution in [0, 0.1) is 0 Å². The minimum Gasteiger partial charge on any atom is -0.354 e. The van der Waals surface area contributed by atoms with E-state index in [9.17, 15) is 9.59 Å². The topological polar surface area (TPSA) is 49.4 Å². The van der Waals surface area contributed by atoms with E-state index in [4.69, 9.17) is 34.8 Å².